The van der Waals surface area contributed by atoms with Gasteiger partial charge in [0.05, 0.1) is 18.1 Å². The number of halogens is 1. The fraction of sp³-hybridized carbons (Fsp3) is 0.500. The average Bonchev–Trinajstić information content (AvgIpc) is 2.75. The number of aromatic nitrogens is 1. The van der Waals surface area contributed by atoms with Crippen molar-refractivity contribution in [2.75, 3.05) is 19.8 Å². The first kappa shape index (κ1) is 13.2. The van der Waals surface area contributed by atoms with Gasteiger partial charge in [0.2, 0.25) is 0 Å². The first-order valence-corrected chi connectivity index (χ1v) is 6.00. The van der Waals surface area contributed by atoms with Gasteiger partial charge in [-0.2, -0.15) is 0 Å². The van der Waals surface area contributed by atoms with Gasteiger partial charge in [0.25, 0.3) is 5.88 Å². The molecule has 0 radical (unpaired) electrons. The third-order valence-electron chi connectivity index (χ3n) is 2.36. The monoisotopic (exact) mass is 318 g/mol. The third kappa shape index (κ3) is 2.95. The van der Waals surface area contributed by atoms with Gasteiger partial charge >= 0.3 is 5.69 Å². The maximum absolute atomic E-state index is 10.9. The Bertz CT molecular complexity index is 462. The summed E-state index contributed by atoms with van der Waals surface area (Å²) in [6.07, 6.45) is 1.43. The van der Waals surface area contributed by atoms with E-state index in [-0.39, 0.29) is 18.2 Å². The highest BCUT2D eigenvalue weighted by Gasteiger charge is 2.33. The van der Waals surface area contributed by atoms with Crippen LogP contribution in [-0.2, 0) is 9.47 Å². The largest absolute Gasteiger partial charge is 0.467 e. The highest BCUT2D eigenvalue weighted by molar-refractivity contribution is 9.10. The molecule has 0 bridgehead atoms. The molecule has 2 heterocycles. The second-order valence-electron chi connectivity index (χ2n) is 3.85. The van der Waals surface area contributed by atoms with Crippen LogP contribution in [0.15, 0.2) is 16.7 Å². The van der Waals surface area contributed by atoms with Gasteiger partial charge in [-0.25, -0.2) is 4.98 Å². The van der Waals surface area contributed by atoms with Gasteiger partial charge in [-0.3, -0.25) is 10.1 Å². The standard InChI is InChI=1S/C10H11BrN2O5/c1-10(17-2-3-18-10)6-16-9-8(13(14)15)4-7(11)5-12-9/h4-5H,2-3,6H2,1H3. The van der Waals surface area contributed by atoms with Gasteiger partial charge in [0.1, 0.15) is 6.61 Å². The molecule has 18 heavy (non-hydrogen) atoms. The zero-order chi connectivity index (χ0) is 13.2. The molecule has 0 spiro atoms. The van der Waals surface area contributed by atoms with E-state index in [1.165, 1.54) is 12.3 Å². The van der Waals surface area contributed by atoms with E-state index in [0.29, 0.717) is 17.7 Å². The number of hydrogen-bond acceptors (Lipinski definition) is 6. The maximum Gasteiger partial charge on any atom is 0.332 e. The number of nitrogens with zero attached hydrogens (tertiary/aromatic N) is 2. The van der Waals surface area contributed by atoms with Crippen LogP contribution in [0.4, 0.5) is 5.69 Å². The smallest absolute Gasteiger partial charge is 0.332 e. The van der Waals surface area contributed by atoms with Crippen LogP contribution in [0.5, 0.6) is 5.88 Å². The molecule has 98 valence electrons. The van der Waals surface area contributed by atoms with Crippen molar-refractivity contribution in [1.82, 2.24) is 4.98 Å². The summed E-state index contributed by atoms with van der Waals surface area (Å²) in [5, 5.41) is 10.9. The van der Waals surface area contributed by atoms with Crippen molar-refractivity contribution in [1.29, 1.82) is 0 Å². The van der Waals surface area contributed by atoms with Gasteiger partial charge in [-0.15, -0.1) is 0 Å². The number of rotatable bonds is 4. The molecule has 7 nitrogen and oxygen atoms in total. The van der Waals surface area contributed by atoms with Crippen molar-refractivity contribution < 1.29 is 19.1 Å². The summed E-state index contributed by atoms with van der Waals surface area (Å²) in [5.41, 5.74) is -0.203. The zero-order valence-corrected chi connectivity index (χ0v) is 11.2. The average molecular weight is 319 g/mol. The number of pyridine rings is 1. The van der Waals surface area contributed by atoms with Gasteiger partial charge in [0.15, 0.2) is 5.79 Å². The summed E-state index contributed by atoms with van der Waals surface area (Å²) in [6, 6.07) is 1.33. The number of nitro groups is 1. The van der Waals surface area contributed by atoms with Crippen molar-refractivity contribution in [3.63, 3.8) is 0 Å². The fourth-order valence-electron chi connectivity index (χ4n) is 1.50. The third-order valence-corrected chi connectivity index (χ3v) is 2.80. The number of ether oxygens (including phenoxy) is 3. The SMILES string of the molecule is CC1(COc2ncc(Br)cc2[N+](=O)[O-])OCCO1. The van der Waals surface area contributed by atoms with Gasteiger partial charge in [0, 0.05) is 16.7 Å². The minimum absolute atomic E-state index is 0.0441. The van der Waals surface area contributed by atoms with Crippen molar-refractivity contribution in [3.05, 3.63) is 26.9 Å². The van der Waals surface area contributed by atoms with Gasteiger partial charge in [-0.05, 0) is 22.9 Å². The highest BCUT2D eigenvalue weighted by atomic mass is 79.9. The molecule has 1 fully saturated rings. The van der Waals surface area contributed by atoms with Crippen LogP contribution in [0.2, 0.25) is 0 Å². The summed E-state index contributed by atoms with van der Waals surface area (Å²) in [5.74, 6) is -0.925. The Labute approximate surface area is 111 Å². The summed E-state index contributed by atoms with van der Waals surface area (Å²) in [4.78, 5) is 14.2. The van der Waals surface area contributed by atoms with Gasteiger partial charge in [-0.1, -0.05) is 0 Å². The Morgan fingerprint density at radius 2 is 2.28 bits per heavy atom. The molecule has 0 atom stereocenters. The van der Waals surface area contributed by atoms with Crippen molar-refractivity contribution in [3.8, 4) is 5.88 Å². The van der Waals surface area contributed by atoms with Gasteiger partial charge < -0.3 is 14.2 Å². The van der Waals surface area contributed by atoms with Crippen LogP contribution in [0.25, 0.3) is 0 Å². The molecular weight excluding hydrogens is 308 g/mol. The van der Waals surface area contributed by atoms with Crippen LogP contribution >= 0.6 is 15.9 Å². The number of hydrogen-bond donors (Lipinski definition) is 0. The predicted molar refractivity (Wildman–Crippen MR) is 64.4 cm³/mol. The zero-order valence-electron chi connectivity index (χ0n) is 9.59. The quantitative estimate of drug-likeness (QED) is 0.622. The summed E-state index contributed by atoms with van der Waals surface area (Å²) < 4.78 is 16.5. The second-order valence-corrected chi connectivity index (χ2v) is 4.77. The van der Waals surface area contributed by atoms with Crippen LogP contribution < -0.4 is 4.74 Å². The molecule has 0 amide bonds. The molecule has 0 N–H and O–H groups in total. The lowest BCUT2D eigenvalue weighted by Crippen LogP contribution is -2.33. The Morgan fingerprint density at radius 1 is 1.61 bits per heavy atom. The van der Waals surface area contributed by atoms with E-state index in [9.17, 15) is 10.1 Å². The molecule has 1 aliphatic rings. The Kier molecular flexibility index (Phi) is 3.79. The lowest BCUT2D eigenvalue weighted by atomic mass is 10.3. The lowest BCUT2D eigenvalue weighted by Gasteiger charge is -2.21. The summed E-state index contributed by atoms with van der Waals surface area (Å²) in [6.45, 7) is 2.72. The molecule has 1 aliphatic heterocycles. The van der Waals surface area contributed by atoms with Crippen molar-refractivity contribution in [2.24, 2.45) is 0 Å². The first-order valence-electron chi connectivity index (χ1n) is 5.21. The van der Waals surface area contributed by atoms with E-state index >= 15 is 0 Å². The highest BCUT2D eigenvalue weighted by Crippen LogP contribution is 2.29. The van der Waals surface area contributed by atoms with Crippen molar-refractivity contribution in [2.45, 2.75) is 12.7 Å². The molecule has 1 saturated heterocycles. The predicted octanol–water partition coefficient (Wildman–Crippen LogP) is 1.89. The van der Waals surface area contributed by atoms with E-state index < -0.39 is 10.7 Å². The first-order chi connectivity index (χ1) is 8.50. The van der Waals surface area contributed by atoms with E-state index in [0.717, 1.165) is 0 Å². The molecule has 0 saturated carbocycles. The molecule has 0 aliphatic carbocycles. The second kappa shape index (κ2) is 5.17. The fourth-order valence-corrected chi connectivity index (χ4v) is 1.82. The normalized spacial score (nSPS) is 17.7. The molecule has 0 aromatic carbocycles. The Hall–Kier alpha value is -1.25. The molecule has 8 heteroatoms. The van der Waals surface area contributed by atoms with Crippen LogP contribution in [-0.4, -0.2) is 35.5 Å². The minimum atomic E-state index is -0.872. The lowest BCUT2D eigenvalue weighted by molar-refractivity contribution is -0.386. The van der Waals surface area contributed by atoms with Crippen molar-refractivity contribution >= 4 is 21.6 Å². The van der Waals surface area contributed by atoms with E-state index in [4.69, 9.17) is 14.2 Å². The van der Waals surface area contributed by atoms with Crippen LogP contribution in [0.1, 0.15) is 6.92 Å². The van der Waals surface area contributed by atoms with E-state index in [1.807, 2.05) is 0 Å². The van der Waals surface area contributed by atoms with Crippen LogP contribution in [0, 0.1) is 10.1 Å². The molecule has 2 rings (SSSR count). The Morgan fingerprint density at radius 3 is 2.89 bits per heavy atom. The Balaban J connectivity index is 2.11. The maximum atomic E-state index is 10.9. The molecular formula is C10H11BrN2O5. The summed E-state index contributed by atoms with van der Waals surface area (Å²) >= 11 is 3.12. The topological polar surface area (TPSA) is 83.7 Å². The molecule has 0 unspecified atom stereocenters. The summed E-state index contributed by atoms with van der Waals surface area (Å²) in [7, 11) is 0. The molecule has 1 aromatic heterocycles. The van der Waals surface area contributed by atoms with E-state index in [2.05, 4.69) is 20.9 Å². The van der Waals surface area contributed by atoms with Crippen LogP contribution in [0.3, 0.4) is 0 Å². The van der Waals surface area contributed by atoms with E-state index in [1.54, 1.807) is 6.92 Å². The molecule has 1 aromatic rings. The minimum Gasteiger partial charge on any atom is -0.467 e.